The lowest BCUT2D eigenvalue weighted by atomic mass is 9.96. The number of hydrogen-bond donors (Lipinski definition) is 9. The molecular weight excluding hydrogens is 847 g/mol. The molecule has 0 aliphatic rings. The molecule has 0 bridgehead atoms. The van der Waals surface area contributed by atoms with Crippen molar-refractivity contribution >= 4 is 47.3 Å². The van der Waals surface area contributed by atoms with E-state index < -0.39 is 84.1 Å². The normalized spacial score (nSPS) is 14.2. The Labute approximate surface area is 389 Å². The van der Waals surface area contributed by atoms with Crippen molar-refractivity contribution in [2.75, 3.05) is 0 Å². The van der Waals surface area contributed by atoms with Crippen LogP contribution in [-0.4, -0.2) is 93.8 Å². The molecule has 2 aromatic rings. The van der Waals surface area contributed by atoms with Gasteiger partial charge in [-0.1, -0.05) is 145 Å². The number of nitrogens with one attached hydrogen (secondary N) is 5. The molecule has 0 aliphatic heterocycles. The predicted octanol–water partition coefficient (Wildman–Crippen LogP) is 3.62. The summed E-state index contributed by atoms with van der Waals surface area (Å²) in [6.45, 7) is 5.04. The largest absolute Gasteiger partial charge is 0.480 e. The first-order chi connectivity index (χ1) is 31.5. The minimum absolute atomic E-state index is 0.0620. The number of hydrogen-bond acceptors (Lipinski definition) is 9. The van der Waals surface area contributed by atoms with Crippen molar-refractivity contribution in [3.63, 3.8) is 0 Å². The first-order valence-corrected chi connectivity index (χ1v) is 23.6. The molecule has 7 atom stereocenters. The summed E-state index contributed by atoms with van der Waals surface area (Å²) in [5, 5.41) is 32.9. The Morgan fingerprint density at radius 3 is 1.42 bits per heavy atom. The number of rotatable bonds is 35. The lowest BCUT2D eigenvalue weighted by molar-refractivity contribution is -0.142. The van der Waals surface area contributed by atoms with E-state index in [2.05, 4.69) is 26.6 Å². The highest BCUT2D eigenvalue weighted by Gasteiger charge is 2.33. The number of carboxylic acid groups (broad SMARTS) is 1. The third kappa shape index (κ3) is 23.4. The number of aliphatic carboxylic acids is 1. The summed E-state index contributed by atoms with van der Waals surface area (Å²) in [5.41, 5.74) is 12.7. The minimum atomic E-state index is -1.28. The number of primary amides is 2. The summed E-state index contributed by atoms with van der Waals surface area (Å²) in [4.78, 5) is 100. The zero-order chi connectivity index (χ0) is 48.9. The van der Waals surface area contributed by atoms with Crippen LogP contribution in [0.25, 0.3) is 0 Å². The molecule has 66 heavy (non-hydrogen) atoms. The Kier molecular flexibility index (Phi) is 27.2. The molecule has 0 heterocycles. The van der Waals surface area contributed by atoms with Gasteiger partial charge in [0.1, 0.15) is 30.2 Å². The van der Waals surface area contributed by atoms with Crippen LogP contribution in [-0.2, 0) is 51.2 Å². The molecule has 1 unspecified atom stereocenters. The van der Waals surface area contributed by atoms with Crippen molar-refractivity contribution in [2.45, 2.75) is 179 Å². The monoisotopic (exact) mass is 922 g/mol. The molecule has 17 nitrogen and oxygen atoms in total. The number of carbonyl (C=O) groups is 8. The summed E-state index contributed by atoms with van der Waals surface area (Å²) < 4.78 is 0. The van der Waals surface area contributed by atoms with Gasteiger partial charge in [-0.3, -0.25) is 33.6 Å². The Morgan fingerprint density at radius 1 is 0.530 bits per heavy atom. The molecule has 7 amide bonds. The molecule has 2 aromatic carbocycles. The van der Waals surface area contributed by atoms with Crippen LogP contribution in [0.4, 0.5) is 0 Å². The molecule has 0 spiro atoms. The highest BCUT2D eigenvalue weighted by Crippen LogP contribution is 2.15. The van der Waals surface area contributed by atoms with Gasteiger partial charge >= 0.3 is 5.97 Å². The minimum Gasteiger partial charge on any atom is -0.480 e. The van der Waals surface area contributed by atoms with Gasteiger partial charge in [-0.25, -0.2) is 4.79 Å². The van der Waals surface area contributed by atoms with Crippen molar-refractivity contribution in [1.29, 1.82) is 0 Å². The van der Waals surface area contributed by atoms with E-state index in [9.17, 15) is 48.6 Å². The van der Waals surface area contributed by atoms with E-state index in [-0.39, 0.29) is 37.5 Å². The maximum absolute atomic E-state index is 13.4. The van der Waals surface area contributed by atoms with Gasteiger partial charge in [0.2, 0.25) is 41.4 Å². The number of nitrogens with two attached hydrogens (primary N) is 2. The number of carbonyl (C=O) groups excluding carboxylic acids is 7. The van der Waals surface area contributed by atoms with Crippen molar-refractivity contribution in [3.8, 4) is 0 Å². The van der Waals surface area contributed by atoms with E-state index in [1.165, 1.54) is 6.92 Å². The summed E-state index contributed by atoms with van der Waals surface area (Å²) >= 11 is 0. The van der Waals surface area contributed by atoms with Crippen molar-refractivity contribution in [2.24, 2.45) is 17.4 Å². The van der Waals surface area contributed by atoms with Crippen LogP contribution in [0, 0.1) is 5.92 Å². The van der Waals surface area contributed by atoms with Gasteiger partial charge < -0.3 is 48.3 Å². The second kappa shape index (κ2) is 31.9. The van der Waals surface area contributed by atoms with Gasteiger partial charge in [0.25, 0.3) is 0 Å². The molecule has 11 N–H and O–H groups in total. The molecule has 0 fully saturated rings. The van der Waals surface area contributed by atoms with E-state index in [1.54, 1.807) is 37.3 Å². The summed E-state index contributed by atoms with van der Waals surface area (Å²) in [7, 11) is 0. The van der Waals surface area contributed by atoms with Crippen molar-refractivity contribution in [1.82, 2.24) is 26.6 Å². The second-order valence-corrected chi connectivity index (χ2v) is 17.3. The van der Waals surface area contributed by atoms with E-state index in [1.807, 2.05) is 37.3 Å². The maximum Gasteiger partial charge on any atom is 0.326 e. The fourth-order valence-electron chi connectivity index (χ4n) is 7.42. The van der Waals surface area contributed by atoms with Gasteiger partial charge in [0.15, 0.2) is 0 Å². The predicted molar refractivity (Wildman–Crippen MR) is 251 cm³/mol. The van der Waals surface area contributed by atoms with Crippen molar-refractivity contribution < 1.29 is 48.6 Å². The molecule has 17 heteroatoms. The topological polar surface area (TPSA) is 289 Å². The van der Waals surface area contributed by atoms with Crippen LogP contribution in [0.2, 0.25) is 0 Å². The van der Waals surface area contributed by atoms with Crippen LogP contribution in [0.15, 0.2) is 60.7 Å². The molecule has 0 saturated heterocycles. The average molecular weight is 922 g/mol. The first kappa shape index (κ1) is 56.3. The van der Waals surface area contributed by atoms with E-state index in [0.29, 0.717) is 25.7 Å². The number of aryl methyl sites for hydroxylation is 1. The Bertz CT molecular complexity index is 1810. The van der Waals surface area contributed by atoms with Gasteiger partial charge in [-0.05, 0) is 49.7 Å². The molecule has 0 radical (unpaired) electrons. The van der Waals surface area contributed by atoms with Crippen LogP contribution >= 0.6 is 0 Å². The number of unbranched alkanes of at least 4 members (excludes halogenated alkanes) is 11. The molecule has 0 aromatic heterocycles. The molecule has 0 aliphatic carbocycles. The van der Waals surface area contributed by atoms with Crippen LogP contribution < -0.4 is 38.1 Å². The fraction of sp³-hybridized carbons (Fsp3) is 0.592. The van der Waals surface area contributed by atoms with E-state index in [0.717, 1.165) is 75.3 Å². The first-order valence-electron chi connectivity index (χ1n) is 23.6. The van der Waals surface area contributed by atoms with E-state index >= 15 is 0 Å². The summed E-state index contributed by atoms with van der Waals surface area (Å²) in [6.07, 6.45) is 11.2. The van der Waals surface area contributed by atoms with Gasteiger partial charge in [-0.2, -0.15) is 0 Å². The molecular formula is C49H75N7O10. The zero-order valence-corrected chi connectivity index (χ0v) is 39.1. The number of aliphatic hydroxyl groups excluding tert-OH is 1. The number of carboxylic acids is 1. The highest BCUT2D eigenvalue weighted by atomic mass is 16.4. The SMILES string of the molecule is CC[C@H](C)[C@@H](NC(=O)[C@@H](NC(=O)CCCCCCCCCCCCCCC(=O)N[C@H](CC(=O)N[C@@H](Cc1ccccc1)C(=O)O)C(N)=O)[C@H](C)O)C(=O)NC(CCc1ccccc1)C(N)=O. The van der Waals surface area contributed by atoms with Crippen LogP contribution in [0.5, 0.6) is 0 Å². The van der Waals surface area contributed by atoms with Gasteiger partial charge in [-0.15, -0.1) is 0 Å². The third-order valence-electron chi connectivity index (χ3n) is 11.6. The van der Waals surface area contributed by atoms with Crippen LogP contribution in [0.3, 0.4) is 0 Å². The van der Waals surface area contributed by atoms with Crippen molar-refractivity contribution in [3.05, 3.63) is 71.8 Å². The number of aliphatic hydroxyl groups is 1. The average Bonchev–Trinajstić information content (AvgIpc) is 3.28. The zero-order valence-electron chi connectivity index (χ0n) is 39.1. The lowest BCUT2D eigenvalue weighted by Crippen LogP contribution is -2.60. The molecule has 2 rings (SSSR count). The van der Waals surface area contributed by atoms with Gasteiger partial charge in [0.05, 0.1) is 12.5 Å². The Balaban J connectivity index is 1.59. The number of amides is 7. The number of benzene rings is 2. The maximum atomic E-state index is 13.4. The third-order valence-corrected chi connectivity index (χ3v) is 11.6. The van der Waals surface area contributed by atoms with Gasteiger partial charge in [0, 0.05) is 19.3 Å². The summed E-state index contributed by atoms with van der Waals surface area (Å²) in [5.74, 6) is -5.87. The fourth-order valence-corrected chi connectivity index (χ4v) is 7.42. The molecule has 366 valence electrons. The Hall–Kier alpha value is -5.84. The van der Waals surface area contributed by atoms with Crippen LogP contribution in [0.1, 0.15) is 141 Å². The Morgan fingerprint density at radius 2 is 0.970 bits per heavy atom. The summed E-state index contributed by atoms with van der Waals surface area (Å²) in [6, 6.07) is 12.6. The lowest BCUT2D eigenvalue weighted by Gasteiger charge is -2.28. The quantitative estimate of drug-likeness (QED) is 0.0453. The van der Waals surface area contributed by atoms with E-state index in [4.69, 9.17) is 11.5 Å². The second-order valence-electron chi connectivity index (χ2n) is 17.3. The molecule has 0 saturated carbocycles. The standard InChI is InChI=1S/C49H75N7O10/c1-4-33(2)43(47(63)54-37(45(50)61)30-29-35-23-17-15-18-24-35)56-48(64)44(34(3)57)55-41(59)28-22-14-12-10-8-6-5-7-9-11-13-21-27-40(58)52-38(46(51)62)32-42(60)53-39(49(65)66)31-36-25-19-16-20-26-36/h15-20,23-26,33-34,37-39,43-44,57H,4-14,21-22,27-32H2,1-3H3,(H2,50,61)(H2,51,62)(H,52,58)(H,53,60)(H,54,63)(H,55,59)(H,56,64)(H,65,66)/t33-,34-,37?,38+,39-,43+,44-/m0/s1. The smallest absolute Gasteiger partial charge is 0.326 e. The highest BCUT2D eigenvalue weighted by molar-refractivity contribution is 5.95.